The number of nitrogens with one attached hydrogen (secondary N) is 3. The maximum Gasteiger partial charge on any atom is 0.123 e. The van der Waals surface area contributed by atoms with E-state index in [2.05, 4.69) is 37.1 Å². The van der Waals surface area contributed by atoms with Crippen LogP contribution in [-0.2, 0) is 6.54 Å². The van der Waals surface area contributed by atoms with Crippen LogP contribution in [0.1, 0.15) is 27.7 Å². The van der Waals surface area contributed by atoms with Gasteiger partial charge in [-0.15, -0.1) is 11.3 Å². The molecule has 34 heavy (non-hydrogen) atoms. The summed E-state index contributed by atoms with van der Waals surface area (Å²) in [7, 11) is 0. The standard InChI is InChI=1S/C24H17ClFN7S/c25-20-9-17(31-23(21-13-30-33-32-21)14-3-5-16(26)6-4-14)8-19-22(15(10-27)11-28-24(19)20)29-12-18-2-1-7-34-18/h1-9,11,13,23,31H,12H2,(H,28,29)(H,30,32,33)/t23-/m0/s1. The van der Waals surface area contributed by atoms with E-state index >= 15 is 0 Å². The third-order valence-electron chi connectivity index (χ3n) is 5.31. The van der Waals surface area contributed by atoms with Crippen LogP contribution in [0.3, 0.4) is 0 Å². The number of nitriles is 1. The van der Waals surface area contributed by atoms with Crippen molar-refractivity contribution in [3.8, 4) is 6.07 Å². The molecule has 0 amide bonds. The van der Waals surface area contributed by atoms with Crippen LogP contribution in [0.5, 0.6) is 0 Å². The van der Waals surface area contributed by atoms with E-state index < -0.39 is 6.04 Å². The molecule has 3 heterocycles. The van der Waals surface area contributed by atoms with Crippen molar-refractivity contribution < 1.29 is 4.39 Å². The summed E-state index contributed by atoms with van der Waals surface area (Å²) in [5.41, 5.74) is 3.77. The largest absolute Gasteiger partial charge is 0.378 e. The lowest BCUT2D eigenvalue weighted by Crippen LogP contribution is -2.13. The summed E-state index contributed by atoms with van der Waals surface area (Å²) in [4.78, 5) is 5.54. The van der Waals surface area contributed by atoms with Gasteiger partial charge >= 0.3 is 0 Å². The van der Waals surface area contributed by atoms with Crippen LogP contribution in [0, 0.1) is 17.1 Å². The molecule has 0 unspecified atom stereocenters. The maximum absolute atomic E-state index is 13.5. The van der Waals surface area contributed by atoms with E-state index in [0.717, 1.165) is 10.4 Å². The number of anilines is 2. The molecule has 0 aliphatic heterocycles. The number of halogens is 2. The van der Waals surface area contributed by atoms with Gasteiger partial charge in [-0.05, 0) is 41.3 Å². The van der Waals surface area contributed by atoms with Crippen LogP contribution < -0.4 is 10.6 Å². The van der Waals surface area contributed by atoms with E-state index in [4.69, 9.17) is 11.6 Å². The Labute approximate surface area is 203 Å². The summed E-state index contributed by atoms with van der Waals surface area (Å²) in [5, 5.41) is 30.4. The van der Waals surface area contributed by atoms with Crippen molar-refractivity contribution in [2.24, 2.45) is 0 Å². The molecule has 7 nitrogen and oxygen atoms in total. The van der Waals surface area contributed by atoms with Gasteiger partial charge in [-0.1, -0.05) is 29.8 Å². The molecule has 5 aromatic rings. The Morgan fingerprint density at radius 2 is 2.03 bits per heavy atom. The second kappa shape index (κ2) is 9.47. The maximum atomic E-state index is 13.5. The molecule has 0 saturated carbocycles. The smallest absolute Gasteiger partial charge is 0.123 e. The highest BCUT2D eigenvalue weighted by molar-refractivity contribution is 7.09. The lowest BCUT2D eigenvalue weighted by Gasteiger charge is -2.20. The van der Waals surface area contributed by atoms with Crippen molar-refractivity contribution in [2.45, 2.75) is 12.6 Å². The molecule has 0 aliphatic carbocycles. The first kappa shape index (κ1) is 21.8. The zero-order valence-corrected chi connectivity index (χ0v) is 19.2. The number of fused-ring (bicyclic) bond motifs is 1. The van der Waals surface area contributed by atoms with Crippen LogP contribution in [0.2, 0.25) is 5.02 Å². The zero-order chi connectivity index (χ0) is 23.5. The third-order valence-corrected chi connectivity index (χ3v) is 6.47. The van der Waals surface area contributed by atoms with Gasteiger partial charge in [0.15, 0.2) is 0 Å². The number of thiophene rings is 1. The van der Waals surface area contributed by atoms with Gasteiger partial charge in [-0.2, -0.15) is 20.7 Å². The van der Waals surface area contributed by atoms with E-state index in [1.54, 1.807) is 35.7 Å². The second-order valence-electron chi connectivity index (χ2n) is 7.47. The Balaban J connectivity index is 1.57. The normalized spacial score (nSPS) is 11.8. The molecule has 10 heteroatoms. The Bertz CT molecular complexity index is 1460. The summed E-state index contributed by atoms with van der Waals surface area (Å²) in [5.74, 6) is -0.326. The SMILES string of the molecule is N#Cc1cnc2c(Cl)cc(N[C@@H](c3ccc(F)cc3)c3cn[nH]n3)cc2c1NCc1cccs1. The van der Waals surface area contributed by atoms with E-state index in [-0.39, 0.29) is 5.82 Å². The topological polar surface area (TPSA) is 102 Å². The molecule has 0 spiro atoms. The van der Waals surface area contributed by atoms with Crippen LogP contribution in [0.4, 0.5) is 15.8 Å². The molecule has 2 aromatic carbocycles. The van der Waals surface area contributed by atoms with Crippen molar-refractivity contribution >= 4 is 45.2 Å². The predicted octanol–water partition coefficient (Wildman–Crippen LogP) is 5.89. The summed E-state index contributed by atoms with van der Waals surface area (Å²) in [6, 6.07) is 15.6. The van der Waals surface area contributed by atoms with Gasteiger partial charge in [-0.3, -0.25) is 4.98 Å². The molecule has 5 rings (SSSR count). The monoisotopic (exact) mass is 489 g/mol. The zero-order valence-electron chi connectivity index (χ0n) is 17.6. The van der Waals surface area contributed by atoms with Crippen molar-refractivity contribution in [3.63, 3.8) is 0 Å². The van der Waals surface area contributed by atoms with Gasteiger partial charge in [0.05, 0.1) is 34.0 Å². The molecule has 0 bridgehead atoms. The van der Waals surface area contributed by atoms with Crippen molar-refractivity contribution in [1.29, 1.82) is 5.26 Å². The fraction of sp³-hybridized carbons (Fsp3) is 0.0833. The number of H-pyrrole nitrogens is 1. The average Bonchev–Trinajstić information content (AvgIpc) is 3.56. The van der Waals surface area contributed by atoms with Crippen molar-refractivity contribution in [2.75, 3.05) is 10.6 Å². The number of aromatic amines is 1. The minimum absolute atomic E-state index is 0.326. The van der Waals surface area contributed by atoms with Crippen molar-refractivity contribution in [3.05, 3.63) is 98.8 Å². The van der Waals surface area contributed by atoms with E-state index in [1.165, 1.54) is 18.3 Å². The average molecular weight is 490 g/mol. The number of pyridine rings is 1. The molecule has 0 aliphatic rings. The van der Waals surface area contributed by atoms with Gasteiger partial charge in [-0.25, -0.2) is 4.39 Å². The fourth-order valence-electron chi connectivity index (χ4n) is 3.71. The first-order valence-corrected chi connectivity index (χ1v) is 11.5. The number of benzene rings is 2. The molecule has 3 aromatic heterocycles. The molecule has 1 atom stereocenters. The number of nitrogens with zero attached hydrogens (tertiary/aromatic N) is 4. The van der Waals surface area contributed by atoms with E-state index in [9.17, 15) is 9.65 Å². The molecule has 0 fully saturated rings. The van der Waals surface area contributed by atoms with Gasteiger partial charge in [0, 0.05) is 28.7 Å². The van der Waals surface area contributed by atoms with Gasteiger partial charge < -0.3 is 10.6 Å². The Kier molecular flexibility index (Phi) is 6.08. The summed E-state index contributed by atoms with van der Waals surface area (Å²) >= 11 is 8.24. The van der Waals surface area contributed by atoms with Crippen LogP contribution in [-0.4, -0.2) is 20.4 Å². The minimum Gasteiger partial charge on any atom is -0.378 e. The third kappa shape index (κ3) is 4.41. The first-order chi connectivity index (χ1) is 16.6. The lowest BCUT2D eigenvalue weighted by molar-refractivity contribution is 0.626. The number of rotatable bonds is 7. The van der Waals surface area contributed by atoms with Gasteiger partial charge in [0.2, 0.25) is 0 Å². The molecule has 0 radical (unpaired) electrons. The number of hydrogen-bond donors (Lipinski definition) is 3. The minimum atomic E-state index is -0.414. The predicted molar refractivity (Wildman–Crippen MR) is 131 cm³/mol. The molecule has 168 valence electrons. The summed E-state index contributed by atoms with van der Waals surface area (Å²) < 4.78 is 13.5. The van der Waals surface area contributed by atoms with Crippen LogP contribution in [0.15, 0.2) is 66.3 Å². The number of aromatic nitrogens is 4. The van der Waals surface area contributed by atoms with Gasteiger partial charge in [0.25, 0.3) is 0 Å². The quantitative estimate of drug-likeness (QED) is 0.263. The number of hydrogen-bond acceptors (Lipinski definition) is 7. The highest BCUT2D eigenvalue weighted by Crippen LogP contribution is 2.35. The molecule has 3 N–H and O–H groups in total. The van der Waals surface area contributed by atoms with Crippen LogP contribution >= 0.6 is 22.9 Å². The Morgan fingerprint density at radius 3 is 2.74 bits per heavy atom. The molecular formula is C24H17ClFN7S. The fourth-order valence-corrected chi connectivity index (χ4v) is 4.62. The Morgan fingerprint density at radius 1 is 1.18 bits per heavy atom. The van der Waals surface area contributed by atoms with Crippen molar-refractivity contribution in [1.82, 2.24) is 20.4 Å². The Hall–Kier alpha value is -4.00. The van der Waals surface area contributed by atoms with Gasteiger partial charge in [0.1, 0.15) is 17.6 Å². The first-order valence-electron chi connectivity index (χ1n) is 10.3. The summed E-state index contributed by atoms with van der Waals surface area (Å²) in [6.45, 7) is 0.567. The highest BCUT2D eigenvalue weighted by atomic mass is 35.5. The lowest BCUT2D eigenvalue weighted by atomic mass is 10.0. The van der Waals surface area contributed by atoms with E-state index in [0.29, 0.717) is 45.1 Å². The van der Waals surface area contributed by atoms with E-state index in [1.807, 2.05) is 23.6 Å². The summed E-state index contributed by atoms with van der Waals surface area (Å²) in [6.07, 6.45) is 3.13. The molecular weight excluding hydrogens is 473 g/mol. The molecule has 0 saturated heterocycles. The van der Waals surface area contributed by atoms with Crippen LogP contribution in [0.25, 0.3) is 10.9 Å². The second-order valence-corrected chi connectivity index (χ2v) is 8.91. The highest BCUT2D eigenvalue weighted by Gasteiger charge is 2.19.